The van der Waals surface area contributed by atoms with Crippen molar-refractivity contribution in [2.24, 2.45) is 0 Å². The maximum atomic E-state index is 13.6. The number of aromatic nitrogens is 1. The highest BCUT2D eigenvalue weighted by Gasteiger charge is 2.34. The lowest BCUT2D eigenvalue weighted by atomic mass is 9.93. The Labute approximate surface area is 246 Å². The zero-order chi connectivity index (χ0) is 29.4. The summed E-state index contributed by atoms with van der Waals surface area (Å²) in [5, 5.41) is 0. The van der Waals surface area contributed by atoms with E-state index in [0.717, 1.165) is 55.0 Å². The molecule has 7 nitrogen and oxygen atoms in total. The average molecular weight is 572 g/mol. The quantitative estimate of drug-likeness (QED) is 0.313. The average Bonchev–Trinajstić information content (AvgIpc) is 3.84. The van der Waals surface area contributed by atoms with Crippen LogP contribution in [0.4, 0.5) is 4.39 Å². The second-order valence-corrected chi connectivity index (χ2v) is 11.6. The van der Waals surface area contributed by atoms with Gasteiger partial charge in [0.1, 0.15) is 11.6 Å². The van der Waals surface area contributed by atoms with Crippen molar-refractivity contribution in [3.05, 3.63) is 81.9 Å². The SMILES string of the molecule is CCOc1cc(-c2ccc(F)cc2)c(C2CC2)cc1CN1CCC(N2CCc3nc(C)c(C(=O)OC)cc3C2=O)CC1. The fourth-order valence-electron chi connectivity index (χ4n) is 6.48. The van der Waals surface area contributed by atoms with Crippen molar-refractivity contribution < 1.29 is 23.5 Å². The third-order valence-corrected chi connectivity index (χ3v) is 8.87. The monoisotopic (exact) mass is 571 g/mol. The first-order valence-electron chi connectivity index (χ1n) is 15.0. The minimum absolute atomic E-state index is 0.0450. The van der Waals surface area contributed by atoms with Crippen LogP contribution in [0.2, 0.25) is 0 Å². The molecule has 1 aromatic heterocycles. The molecule has 0 atom stereocenters. The summed E-state index contributed by atoms with van der Waals surface area (Å²) in [5.41, 5.74) is 6.88. The molecule has 8 heteroatoms. The van der Waals surface area contributed by atoms with E-state index in [1.54, 1.807) is 13.0 Å². The number of carbonyl (C=O) groups is 2. The minimum Gasteiger partial charge on any atom is -0.494 e. The van der Waals surface area contributed by atoms with Crippen LogP contribution in [0.3, 0.4) is 0 Å². The third kappa shape index (κ3) is 5.64. The second-order valence-electron chi connectivity index (χ2n) is 11.6. The first kappa shape index (κ1) is 28.3. The van der Waals surface area contributed by atoms with Crippen molar-refractivity contribution in [2.45, 2.75) is 64.5 Å². The number of fused-ring (bicyclic) bond motifs is 1. The lowest BCUT2D eigenvalue weighted by Gasteiger charge is -2.40. The molecule has 42 heavy (non-hydrogen) atoms. The van der Waals surface area contributed by atoms with Crippen LogP contribution in [0.5, 0.6) is 5.75 Å². The first-order valence-corrected chi connectivity index (χ1v) is 15.0. The van der Waals surface area contributed by atoms with Gasteiger partial charge < -0.3 is 14.4 Å². The van der Waals surface area contributed by atoms with E-state index in [-0.39, 0.29) is 17.8 Å². The lowest BCUT2D eigenvalue weighted by molar-refractivity contribution is 0.0542. The summed E-state index contributed by atoms with van der Waals surface area (Å²) < 4.78 is 24.7. The van der Waals surface area contributed by atoms with E-state index in [2.05, 4.69) is 22.0 Å². The summed E-state index contributed by atoms with van der Waals surface area (Å²) in [6.07, 6.45) is 4.81. The van der Waals surface area contributed by atoms with Gasteiger partial charge in [-0.2, -0.15) is 0 Å². The van der Waals surface area contributed by atoms with E-state index < -0.39 is 5.97 Å². The lowest BCUT2D eigenvalue weighted by Crippen LogP contribution is -2.50. The highest BCUT2D eigenvalue weighted by molar-refractivity contribution is 6.00. The third-order valence-electron chi connectivity index (χ3n) is 8.87. The molecule has 0 N–H and O–H groups in total. The number of amides is 1. The van der Waals surface area contributed by atoms with Crippen molar-refractivity contribution in [1.82, 2.24) is 14.8 Å². The Morgan fingerprint density at radius 3 is 2.43 bits per heavy atom. The van der Waals surface area contributed by atoms with Crippen LogP contribution in [0.1, 0.15) is 81.8 Å². The van der Waals surface area contributed by atoms with E-state index in [1.807, 2.05) is 24.0 Å². The molecule has 220 valence electrons. The van der Waals surface area contributed by atoms with Crippen molar-refractivity contribution in [1.29, 1.82) is 0 Å². The summed E-state index contributed by atoms with van der Waals surface area (Å²) in [5.74, 6) is 0.677. The number of piperidine rings is 1. The van der Waals surface area contributed by atoms with Crippen LogP contribution in [0.15, 0.2) is 42.5 Å². The van der Waals surface area contributed by atoms with E-state index in [4.69, 9.17) is 9.47 Å². The number of halogens is 1. The van der Waals surface area contributed by atoms with Gasteiger partial charge in [0, 0.05) is 44.2 Å². The molecule has 2 aliphatic heterocycles. The molecule has 1 amide bonds. The number of hydrogen-bond acceptors (Lipinski definition) is 6. The molecule has 1 saturated carbocycles. The van der Waals surface area contributed by atoms with Crippen LogP contribution >= 0.6 is 0 Å². The number of likely N-dealkylation sites (tertiary alicyclic amines) is 1. The maximum absolute atomic E-state index is 13.6. The first-order chi connectivity index (χ1) is 20.4. The van der Waals surface area contributed by atoms with Gasteiger partial charge in [-0.3, -0.25) is 14.7 Å². The van der Waals surface area contributed by atoms with Crippen molar-refractivity contribution in [2.75, 3.05) is 33.4 Å². The molecule has 0 bridgehead atoms. The van der Waals surface area contributed by atoms with Crippen LogP contribution in [0, 0.1) is 12.7 Å². The molecule has 6 rings (SSSR count). The van der Waals surface area contributed by atoms with Gasteiger partial charge in [-0.25, -0.2) is 9.18 Å². The normalized spacial score (nSPS) is 17.7. The number of nitrogens with zero attached hydrogens (tertiary/aromatic N) is 3. The number of hydrogen-bond donors (Lipinski definition) is 0. The summed E-state index contributed by atoms with van der Waals surface area (Å²) in [4.78, 5) is 34.7. The van der Waals surface area contributed by atoms with E-state index in [9.17, 15) is 14.0 Å². The van der Waals surface area contributed by atoms with Crippen molar-refractivity contribution in [3.8, 4) is 16.9 Å². The number of esters is 1. The van der Waals surface area contributed by atoms with Crippen LogP contribution in [-0.2, 0) is 17.7 Å². The fraction of sp³-hybridized carbons (Fsp3) is 0.441. The Balaban J connectivity index is 1.17. The Kier molecular flexibility index (Phi) is 7.99. The number of methoxy groups -OCH3 is 1. The van der Waals surface area contributed by atoms with Gasteiger partial charge in [-0.15, -0.1) is 0 Å². The Morgan fingerprint density at radius 2 is 1.76 bits per heavy atom. The zero-order valence-corrected chi connectivity index (χ0v) is 24.6. The molecule has 3 aliphatic rings. The van der Waals surface area contributed by atoms with Gasteiger partial charge in [0.25, 0.3) is 5.91 Å². The summed E-state index contributed by atoms with van der Waals surface area (Å²) >= 11 is 0. The van der Waals surface area contributed by atoms with Gasteiger partial charge in [0.05, 0.1) is 36.2 Å². The molecule has 0 radical (unpaired) electrons. The number of pyridine rings is 1. The predicted octanol–water partition coefficient (Wildman–Crippen LogP) is 5.92. The van der Waals surface area contributed by atoms with Crippen molar-refractivity contribution >= 4 is 11.9 Å². The van der Waals surface area contributed by atoms with Gasteiger partial charge >= 0.3 is 5.97 Å². The Hall–Kier alpha value is -3.78. The number of carbonyl (C=O) groups excluding carboxylic acids is 2. The van der Waals surface area contributed by atoms with Crippen LogP contribution in [0.25, 0.3) is 11.1 Å². The summed E-state index contributed by atoms with van der Waals surface area (Å²) in [6.45, 7) is 7.54. The van der Waals surface area contributed by atoms with Crippen molar-refractivity contribution in [3.63, 3.8) is 0 Å². The van der Waals surface area contributed by atoms with E-state index in [1.165, 1.54) is 43.2 Å². The molecule has 0 unspecified atom stereocenters. The highest BCUT2D eigenvalue weighted by atomic mass is 19.1. The molecule has 2 fully saturated rings. The van der Waals surface area contributed by atoms with Gasteiger partial charge in [-0.05, 0) is 92.5 Å². The van der Waals surface area contributed by atoms with Gasteiger partial charge in [0.15, 0.2) is 0 Å². The molecule has 3 aromatic rings. The Morgan fingerprint density at radius 1 is 1.02 bits per heavy atom. The predicted molar refractivity (Wildman–Crippen MR) is 158 cm³/mol. The standard InChI is InChI=1S/C34H38FN3O4/c1-4-42-32-19-29(23-7-9-25(35)10-8-23)28(22-5-6-22)17-24(32)20-37-14-11-26(12-15-37)38-16-13-31-30(33(38)39)18-27(21(2)36-31)34(40)41-3/h7-10,17-19,22,26H,4-6,11-16,20H2,1-3H3. The summed E-state index contributed by atoms with van der Waals surface area (Å²) in [6, 6.07) is 13.0. The molecule has 1 saturated heterocycles. The summed E-state index contributed by atoms with van der Waals surface area (Å²) in [7, 11) is 1.34. The van der Waals surface area contributed by atoms with Gasteiger partial charge in [-0.1, -0.05) is 12.1 Å². The Bertz CT molecular complexity index is 1490. The topological polar surface area (TPSA) is 72.0 Å². The number of ether oxygens (including phenoxy) is 2. The minimum atomic E-state index is -0.469. The smallest absolute Gasteiger partial charge is 0.339 e. The second kappa shape index (κ2) is 11.8. The maximum Gasteiger partial charge on any atom is 0.339 e. The molecule has 2 aromatic carbocycles. The number of aryl methyl sites for hydroxylation is 1. The van der Waals surface area contributed by atoms with Crippen LogP contribution < -0.4 is 4.74 Å². The number of benzene rings is 2. The largest absolute Gasteiger partial charge is 0.494 e. The highest BCUT2D eigenvalue weighted by Crippen LogP contribution is 2.46. The zero-order valence-electron chi connectivity index (χ0n) is 24.6. The fourth-order valence-corrected chi connectivity index (χ4v) is 6.48. The van der Waals surface area contributed by atoms with E-state index >= 15 is 0 Å². The number of rotatable bonds is 8. The molecule has 0 spiro atoms. The van der Waals surface area contributed by atoms with Crippen LogP contribution in [-0.4, -0.2) is 66.1 Å². The van der Waals surface area contributed by atoms with E-state index in [0.29, 0.717) is 42.3 Å². The molecular formula is C34H38FN3O4. The molecule has 3 heterocycles. The van der Waals surface area contributed by atoms with Gasteiger partial charge in [0.2, 0.25) is 0 Å². The molecular weight excluding hydrogens is 533 g/mol. The molecule has 1 aliphatic carbocycles.